The van der Waals surface area contributed by atoms with E-state index in [-0.39, 0.29) is 5.82 Å². The highest BCUT2D eigenvalue weighted by Crippen LogP contribution is 2.28. The molecule has 1 saturated heterocycles. The van der Waals surface area contributed by atoms with E-state index in [4.69, 9.17) is 5.11 Å². The van der Waals surface area contributed by atoms with E-state index in [1.807, 2.05) is 18.2 Å². The maximum absolute atomic E-state index is 13.3. The highest BCUT2D eigenvalue weighted by atomic mass is 19.1. The lowest BCUT2D eigenvalue weighted by molar-refractivity contribution is 0.142. The topological polar surface area (TPSA) is 43.8 Å². The third-order valence-electron chi connectivity index (χ3n) is 3.71. The van der Waals surface area contributed by atoms with Crippen LogP contribution in [0.15, 0.2) is 36.4 Å². The number of carbonyl (C=O) groups is 1. The van der Waals surface area contributed by atoms with Crippen LogP contribution in [-0.4, -0.2) is 42.3 Å². The van der Waals surface area contributed by atoms with Crippen LogP contribution in [0.25, 0.3) is 10.8 Å². The molecular weight excluding hydrogens is 259 g/mol. The summed E-state index contributed by atoms with van der Waals surface area (Å²) in [6.45, 7) is 2.30. The van der Waals surface area contributed by atoms with Crippen LogP contribution in [0.1, 0.15) is 0 Å². The molecule has 0 spiro atoms. The molecule has 1 aliphatic heterocycles. The van der Waals surface area contributed by atoms with Gasteiger partial charge in [0.15, 0.2) is 0 Å². The van der Waals surface area contributed by atoms with E-state index in [1.54, 1.807) is 6.07 Å². The number of amides is 1. The SMILES string of the molecule is O=C(O)N1CCN(c2cccc3cc(F)ccc23)CC1. The number of hydrogen-bond acceptors (Lipinski definition) is 2. The van der Waals surface area contributed by atoms with Crippen LogP contribution in [0.5, 0.6) is 0 Å². The Morgan fingerprint density at radius 2 is 1.85 bits per heavy atom. The van der Waals surface area contributed by atoms with Gasteiger partial charge in [-0.2, -0.15) is 0 Å². The van der Waals surface area contributed by atoms with Crippen LogP contribution >= 0.6 is 0 Å². The number of benzene rings is 2. The Bertz CT molecular complexity index is 651. The Balaban J connectivity index is 1.90. The van der Waals surface area contributed by atoms with Crippen molar-refractivity contribution < 1.29 is 14.3 Å². The normalized spacial score (nSPS) is 15.7. The minimum Gasteiger partial charge on any atom is -0.465 e. The van der Waals surface area contributed by atoms with Gasteiger partial charge >= 0.3 is 6.09 Å². The average molecular weight is 274 g/mol. The third kappa shape index (κ3) is 2.27. The van der Waals surface area contributed by atoms with E-state index >= 15 is 0 Å². The molecule has 1 N–H and O–H groups in total. The number of nitrogens with zero attached hydrogens (tertiary/aromatic N) is 2. The second-order valence-corrected chi connectivity index (χ2v) is 4.90. The Labute approximate surface area is 116 Å². The molecule has 0 radical (unpaired) electrons. The lowest BCUT2D eigenvalue weighted by Gasteiger charge is -2.35. The molecule has 0 atom stereocenters. The van der Waals surface area contributed by atoms with Crippen molar-refractivity contribution in [1.29, 1.82) is 0 Å². The molecule has 1 amide bonds. The van der Waals surface area contributed by atoms with Crippen molar-refractivity contribution in [2.45, 2.75) is 0 Å². The minimum absolute atomic E-state index is 0.245. The van der Waals surface area contributed by atoms with E-state index in [0.29, 0.717) is 26.2 Å². The molecule has 1 aliphatic rings. The van der Waals surface area contributed by atoms with Gasteiger partial charge in [-0.3, -0.25) is 0 Å². The lowest BCUT2D eigenvalue weighted by atomic mass is 10.1. The summed E-state index contributed by atoms with van der Waals surface area (Å²) in [6.07, 6.45) is -0.871. The van der Waals surface area contributed by atoms with E-state index in [1.165, 1.54) is 17.0 Å². The molecule has 0 bridgehead atoms. The van der Waals surface area contributed by atoms with Crippen molar-refractivity contribution in [3.8, 4) is 0 Å². The number of piperazine rings is 1. The highest BCUT2D eigenvalue weighted by molar-refractivity contribution is 5.94. The summed E-state index contributed by atoms with van der Waals surface area (Å²) < 4.78 is 13.3. The van der Waals surface area contributed by atoms with Gasteiger partial charge in [0.25, 0.3) is 0 Å². The largest absolute Gasteiger partial charge is 0.465 e. The van der Waals surface area contributed by atoms with E-state index in [0.717, 1.165) is 16.5 Å². The number of fused-ring (bicyclic) bond motifs is 1. The minimum atomic E-state index is -0.871. The fourth-order valence-electron chi connectivity index (χ4n) is 2.65. The molecule has 3 rings (SSSR count). The van der Waals surface area contributed by atoms with Crippen LogP contribution in [0.3, 0.4) is 0 Å². The Morgan fingerprint density at radius 3 is 2.55 bits per heavy atom. The standard InChI is InChI=1S/C15H15FN2O2/c16-12-4-5-13-11(10-12)2-1-3-14(13)17-6-8-18(9-7-17)15(19)20/h1-5,10H,6-9H2,(H,19,20). The van der Waals surface area contributed by atoms with Crippen LogP contribution in [0, 0.1) is 5.82 Å². The summed E-state index contributed by atoms with van der Waals surface area (Å²) in [6, 6.07) is 10.5. The molecule has 2 aromatic carbocycles. The zero-order valence-corrected chi connectivity index (χ0v) is 10.9. The predicted molar refractivity (Wildman–Crippen MR) is 75.7 cm³/mol. The molecule has 104 valence electrons. The average Bonchev–Trinajstić information content (AvgIpc) is 2.46. The predicted octanol–water partition coefficient (Wildman–Crippen LogP) is 2.78. The summed E-state index contributed by atoms with van der Waals surface area (Å²) in [7, 11) is 0. The second-order valence-electron chi connectivity index (χ2n) is 4.90. The number of carboxylic acid groups (broad SMARTS) is 1. The Hall–Kier alpha value is -2.30. The molecule has 4 nitrogen and oxygen atoms in total. The summed E-state index contributed by atoms with van der Waals surface area (Å²) in [4.78, 5) is 14.5. The molecule has 0 saturated carbocycles. The lowest BCUT2D eigenvalue weighted by Crippen LogP contribution is -2.48. The third-order valence-corrected chi connectivity index (χ3v) is 3.71. The van der Waals surface area contributed by atoms with Gasteiger partial charge < -0.3 is 14.9 Å². The van der Waals surface area contributed by atoms with Gasteiger partial charge in [-0.25, -0.2) is 9.18 Å². The smallest absolute Gasteiger partial charge is 0.407 e. The van der Waals surface area contributed by atoms with Crippen molar-refractivity contribution in [2.24, 2.45) is 0 Å². The highest BCUT2D eigenvalue weighted by Gasteiger charge is 2.21. The molecule has 1 fully saturated rings. The van der Waals surface area contributed by atoms with Crippen molar-refractivity contribution in [2.75, 3.05) is 31.1 Å². The first-order chi connectivity index (χ1) is 9.65. The van der Waals surface area contributed by atoms with Gasteiger partial charge in [0.2, 0.25) is 0 Å². The van der Waals surface area contributed by atoms with Crippen LogP contribution in [-0.2, 0) is 0 Å². The zero-order valence-electron chi connectivity index (χ0n) is 10.9. The van der Waals surface area contributed by atoms with Gasteiger partial charge in [-0.1, -0.05) is 12.1 Å². The summed E-state index contributed by atoms with van der Waals surface area (Å²) in [5, 5.41) is 10.8. The first-order valence-electron chi connectivity index (χ1n) is 6.56. The molecule has 0 unspecified atom stereocenters. The van der Waals surface area contributed by atoms with Gasteiger partial charge in [-0.05, 0) is 29.7 Å². The van der Waals surface area contributed by atoms with E-state index in [2.05, 4.69) is 4.90 Å². The number of anilines is 1. The van der Waals surface area contributed by atoms with E-state index in [9.17, 15) is 9.18 Å². The van der Waals surface area contributed by atoms with Crippen molar-refractivity contribution in [3.63, 3.8) is 0 Å². The second kappa shape index (κ2) is 5.00. The monoisotopic (exact) mass is 274 g/mol. The zero-order chi connectivity index (χ0) is 14.1. The number of hydrogen-bond donors (Lipinski definition) is 1. The van der Waals surface area contributed by atoms with Gasteiger partial charge in [-0.15, -0.1) is 0 Å². The summed E-state index contributed by atoms with van der Waals surface area (Å²) in [5.74, 6) is -0.245. The molecule has 1 heterocycles. The summed E-state index contributed by atoms with van der Waals surface area (Å²) >= 11 is 0. The van der Waals surface area contributed by atoms with Crippen LogP contribution in [0.4, 0.5) is 14.9 Å². The van der Waals surface area contributed by atoms with Crippen LogP contribution < -0.4 is 4.90 Å². The Kier molecular flexibility index (Phi) is 3.18. The molecule has 20 heavy (non-hydrogen) atoms. The first kappa shape index (κ1) is 12.7. The van der Waals surface area contributed by atoms with Gasteiger partial charge in [0.05, 0.1) is 0 Å². The molecule has 2 aromatic rings. The Morgan fingerprint density at radius 1 is 1.10 bits per heavy atom. The van der Waals surface area contributed by atoms with Gasteiger partial charge in [0.1, 0.15) is 5.82 Å². The maximum atomic E-state index is 13.3. The molecule has 0 aromatic heterocycles. The summed E-state index contributed by atoms with van der Waals surface area (Å²) in [5.41, 5.74) is 1.03. The molecular formula is C15H15FN2O2. The molecule has 0 aliphatic carbocycles. The fourth-order valence-corrected chi connectivity index (χ4v) is 2.65. The number of halogens is 1. The van der Waals surface area contributed by atoms with Crippen molar-refractivity contribution >= 4 is 22.6 Å². The van der Waals surface area contributed by atoms with E-state index < -0.39 is 6.09 Å². The van der Waals surface area contributed by atoms with Crippen molar-refractivity contribution in [3.05, 3.63) is 42.2 Å². The first-order valence-corrected chi connectivity index (χ1v) is 6.56. The van der Waals surface area contributed by atoms with Crippen LogP contribution in [0.2, 0.25) is 0 Å². The van der Waals surface area contributed by atoms with Gasteiger partial charge in [0, 0.05) is 37.3 Å². The maximum Gasteiger partial charge on any atom is 0.407 e. The van der Waals surface area contributed by atoms with Crippen molar-refractivity contribution in [1.82, 2.24) is 4.90 Å². The molecule has 5 heteroatoms. The quantitative estimate of drug-likeness (QED) is 0.869. The number of rotatable bonds is 1. The fraction of sp³-hybridized carbons (Fsp3) is 0.267.